The highest BCUT2D eigenvalue weighted by Gasteiger charge is 2.16. The van der Waals surface area contributed by atoms with Crippen LogP contribution in [0.4, 0.5) is 11.7 Å². The van der Waals surface area contributed by atoms with Crippen molar-refractivity contribution in [2.45, 2.75) is 6.42 Å². The average molecular weight is 340 g/mol. The Labute approximate surface area is 143 Å². The van der Waals surface area contributed by atoms with E-state index < -0.39 is 0 Å². The lowest BCUT2D eigenvalue weighted by Gasteiger charge is -2.18. The molecule has 0 radical (unpaired) electrons. The largest absolute Gasteiger partial charge is 0.493 e. The number of anilines is 2. The lowest BCUT2D eigenvalue weighted by Crippen LogP contribution is -2.30. The summed E-state index contributed by atoms with van der Waals surface area (Å²) in [6.07, 6.45) is 2.40. The number of ether oxygens (including phenoxy) is 1. The molecule has 0 spiro atoms. The van der Waals surface area contributed by atoms with E-state index >= 15 is 0 Å². The van der Waals surface area contributed by atoms with Crippen molar-refractivity contribution >= 4 is 17.6 Å². The van der Waals surface area contributed by atoms with Gasteiger partial charge in [-0.2, -0.15) is 0 Å². The summed E-state index contributed by atoms with van der Waals surface area (Å²) in [5.41, 5.74) is 2.10. The van der Waals surface area contributed by atoms with Gasteiger partial charge in [-0.1, -0.05) is 5.10 Å². The second-order valence-electron chi connectivity index (χ2n) is 5.68. The molecule has 128 valence electrons. The number of carbonyl (C=O) groups is 1. The van der Waals surface area contributed by atoms with E-state index in [-0.39, 0.29) is 24.4 Å². The normalized spacial score (nSPS) is 12.5. The van der Waals surface area contributed by atoms with Crippen LogP contribution >= 0.6 is 0 Å². The second-order valence-corrected chi connectivity index (χ2v) is 5.68. The van der Waals surface area contributed by atoms with Gasteiger partial charge in [-0.3, -0.25) is 10.1 Å². The van der Waals surface area contributed by atoms with E-state index in [4.69, 9.17) is 13.6 Å². The van der Waals surface area contributed by atoms with Gasteiger partial charge in [-0.05, 0) is 35.9 Å². The molecule has 2 aromatic heterocycles. The van der Waals surface area contributed by atoms with Crippen molar-refractivity contribution in [3.63, 3.8) is 0 Å². The fourth-order valence-electron chi connectivity index (χ4n) is 2.65. The second kappa shape index (κ2) is 6.31. The Balaban J connectivity index is 1.38. The third kappa shape index (κ3) is 3.18. The minimum absolute atomic E-state index is 0.0344. The molecule has 1 N–H and O–H groups in total. The Hall–Kier alpha value is -3.29. The van der Waals surface area contributed by atoms with Gasteiger partial charge in [0.05, 0.1) is 19.4 Å². The summed E-state index contributed by atoms with van der Waals surface area (Å²) in [4.78, 5) is 14.0. The SMILES string of the molecule is CN(CC(=O)Nc1nnc(-c2ccco2)o1)c1ccc2c(c1)CCO2. The fraction of sp³-hybridized carbons (Fsp3) is 0.235. The molecule has 0 saturated carbocycles. The first-order valence-electron chi connectivity index (χ1n) is 7.83. The summed E-state index contributed by atoms with van der Waals surface area (Å²) in [6, 6.07) is 9.35. The minimum atomic E-state index is -0.256. The number of likely N-dealkylation sites (N-methyl/N-ethyl adjacent to an activating group) is 1. The first kappa shape index (κ1) is 15.3. The molecule has 0 saturated heterocycles. The van der Waals surface area contributed by atoms with E-state index in [9.17, 15) is 4.79 Å². The average Bonchev–Trinajstić information content (AvgIpc) is 3.34. The smallest absolute Gasteiger partial charge is 0.322 e. The zero-order chi connectivity index (χ0) is 17.2. The van der Waals surface area contributed by atoms with E-state index in [0.717, 1.165) is 23.4 Å². The third-order valence-electron chi connectivity index (χ3n) is 3.90. The van der Waals surface area contributed by atoms with Gasteiger partial charge in [0.15, 0.2) is 5.76 Å². The highest BCUT2D eigenvalue weighted by atomic mass is 16.5. The maximum absolute atomic E-state index is 12.2. The molecule has 0 fully saturated rings. The number of rotatable bonds is 5. The molecule has 0 bridgehead atoms. The van der Waals surface area contributed by atoms with Gasteiger partial charge < -0.3 is 18.5 Å². The van der Waals surface area contributed by atoms with Crippen molar-refractivity contribution < 1.29 is 18.4 Å². The van der Waals surface area contributed by atoms with Crippen molar-refractivity contribution in [1.29, 1.82) is 0 Å². The molecule has 1 aliphatic heterocycles. The predicted octanol–water partition coefficient (Wildman–Crippen LogP) is 2.34. The molecule has 1 aliphatic rings. The topological polar surface area (TPSA) is 93.6 Å². The molecule has 0 atom stereocenters. The number of fused-ring (bicyclic) bond motifs is 1. The Morgan fingerprint density at radius 2 is 2.24 bits per heavy atom. The van der Waals surface area contributed by atoms with E-state index in [1.165, 1.54) is 6.26 Å². The van der Waals surface area contributed by atoms with Crippen LogP contribution in [0.3, 0.4) is 0 Å². The van der Waals surface area contributed by atoms with E-state index in [1.807, 2.05) is 30.1 Å². The van der Waals surface area contributed by atoms with Crippen LogP contribution < -0.4 is 15.0 Å². The zero-order valence-electron chi connectivity index (χ0n) is 13.6. The molecule has 3 heterocycles. The Bertz CT molecular complexity index is 888. The molecule has 8 heteroatoms. The number of carbonyl (C=O) groups excluding carboxylic acids is 1. The maximum Gasteiger partial charge on any atom is 0.322 e. The third-order valence-corrected chi connectivity index (χ3v) is 3.90. The fourth-order valence-corrected chi connectivity index (χ4v) is 2.65. The maximum atomic E-state index is 12.2. The van der Waals surface area contributed by atoms with E-state index in [0.29, 0.717) is 12.4 Å². The predicted molar refractivity (Wildman–Crippen MR) is 89.5 cm³/mol. The van der Waals surface area contributed by atoms with Gasteiger partial charge in [0.2, 0.25) is 5.91 Å². The molecular formula is C17H16N4O4. The van der Waals surface area contributed by atoms with Crippen LogP contribution in [0.5, 0.6) is 5.75 Å². The molecular weight excluding hydrogens is 324 g/mol. The van der Waals surface area contributed by atoms with Crippen LogP contribution in [0, 0.1) is 0 Å². The molecule has 4 rings (SSSR count). The first-order chi connectivity index (χ1) is 12.2. The molecule has 1 amide bonds. The number of hydrogen-bond donors (Lipinski definition) is 1. The zero-order valence-corrected chi connectivity index (χ0v) is 13.6. The number of aromatic nitrogens is 2. The van der Waals surface area contributed by atoms with Crippen LogP contribution in [-0.4, -0.2) is 36.3 Å². The molecule has 8 nitrogen and oxygen atoms in total. The highest BCUT2D eigenvalue weighted by Crippen LogP contribution is 2.29. The summed E-state index contributed by atoms with van der Waals surface area (Å²) >= 11 is 0. The van der Waals surface area contributed by atoms with E-state index in [1.54, 1.807) is 12.1 Å². The Morgan fingerprint density at radius 1 is 1.32 bits per heavy atom. The van der Waals surface area contributed by atoms with Crippen LogP contribution in [0.2, 0.25) is 0 Å². The van der Waals surface area contributed by atoms with Crippen molar-refractivity contribution in [3.8, 4) is 17.4 Å². The number of nitrogens with one attached hydrogen (secondary N) is 1. The van der Waals surface area contributed by atoms with Crippen molar-refractivity contribution in [1.82, 2.24) is 10.2 Å². The van der Waals surface area contributed by atoms with Crippen molar-refractivity contribution in [2.75, 3.05) is 30.4 Å². The number of amides is 1. The summed E-state index contributed by atoms with van der Waals surface area (Å²) < 4.78 is 16.0. The van der Waals surface area contributed by atoms with Crippen molar-refractivity contribution in [3.05, 3.63) is 42.2 Å². The van der Waals surface area contributed by atoms with Gasteiger partial charge in [0, 0.05) is 19.2 Å². The quantitative estimate of drug-likeness (QED) is 0.762. The minimum Gasteiger partial charge on any atom is -0.493 e. The van der Waals surface area contributed by atoms with E-state index in [2.05, 4.69) is 15.5 Å². The highest BCUT2D eigenvalue weighted by molar-refractivity contribution is 5.92. The number of hydrogen-bond acceptors (Lipinski definition) is 7. The van der Waals surface area contributed by atoms with Gasteiger partial charge in [-0.25, -0.2) is 0 Å². The van der Waals surface area contributed by atoms with Gasteiger partial charge in [0.1, 0.15) is 5.75 Å². The lowest BCUT2D eigenvalue weighted by atomic mass is 10.1. The van der Waals surface area contributed by atoms with Crippen molar-refractivity contribution in [2.24, 2.45) is 0 Å². The van der Waals surface area contributed by atoms with Gasteiger partial charge >= 0.3 is 6.01 Å². The molecule has 0 aliphatic carbocycles. The first-order valence-corrected chi connectivity index (χ1v) is 7.83. The molecule has 0 unspecified atom stereocenters. The van der Waals surface area contributed by atoms with Gasteiger partial charge in [0.25, 0.3) is 5.89 Å². The summed E-state index contributed by atoms with van der Waals surface area (Å²) in [6.45, 7) is 0.857. The van der Waals surface area contributed by atoms with Crippen LogP contribution in [0.15, 0.2) is 45.4 Å². The summed E-state index contributed by atoms with van der Waals surface area (Å²) in [7, 11) is 1.85. The lowest BCUT2D eigenvalue weighted by molar-refractivity contribution is -0.115. The summed E-state index contributed by atoms with van der Waals surface area (Å²) in [5.74, 6) is 1.32. The monoisotopic (exact) mass is 340 g/mol. The Morgan fingerprint density at radius 3 is 3.08 bits per heavy atom. The van der Waals surface area contributed by atoms with Crippen LogP contribution in [0.25, 0.3) is 11.7 Å². The number of furan rings is 1. The standard InChI is InChI=1S/C17H16N4O4/c1-21(12-4-5-13-11(9-12)6-8-24-13)10-15(22)18-17-20-19-16(25-17)14-3-2-7-23-14/h2-5,7,9H,6,8,10H2,1H3,(H,18,20,22). The van der Waals surface area contributed by atoms with Crippen LogP contribution in [0.1, 0.15) is 5.56 Å². The van der Waals surface area contributed by atoms with Gasteiger partial charge in [-0.15, -0.1) is 5.10 Å². The molecule has 1 aromatic carbocycles. The summed E-state index contributed by atoms with van der Waals surface area (Å²) in [5, 5.41) is 10.2. The molecule has 3 aromatic rings. The Kier molecular flexibility index (Phi) is 3.85. The molecule has 25 heavy (non-hydrogen) atoms. The number of nitrogens with zero attached hydrogens (tertiary/aromatic N) is 3. The van der Waals surface area contributed by atoms with Crippen LogP contribution in [-0.2, 0) is 11.2 Å². The number of benzene rings is 1.